The van der Waals surface area contributed by atoms with Crippen molar-refractivity contribution in [2.75, 3.05) is 25.5 Å². The first kappa shape index (κ1) is 23.8. The third-order valence-electron chi connectivity index (χ3n) is 6.96. The van der Waals surface area contributed by atoms with Crippen molar-refractivity contribution in [3.8, 4) is 0 Å². The van der Waals surface area contributed by atoms with Gasteiger partial charge in [0.05, 0.1) is 23.5 Å². The first-order chi connectivity index (χ1) is 15.9. The summed E-state index contributed by atoms with van der Waals surface area (Å²) in [5, 5.41) is 12.3. The van der Waals surface area contributed by atoms with Crippen LogP contribution in [0.15, 0.2) is 42.6 Å². The molecule has 0 bridgehead atoms. The topological polar surface area (TPSA) is 85.8 Å². The van der Waals surface area contributed by atoms with Gasteiger partial charge in [-0.1, -0.05) is 38.1 Å². The van der Waals surface area contributed by atoms with E-state index >= 15 is 0 Å². The van der Waals surface area contributed by atoms with Crippen LogP contribution >= 0.6 is 0 Å². The molecule has 1 saturated heterocycles. The maximum Gasteiger partial charge on any atom is 0.414 e. The average molecular weight is 476 g/mol. The molecule has 1 fully saturated rings. The van der Waals surface area contributed by atoms with E-state index in [-0.39, 0.29) is 30.2 Å². The fraction of sp³-hybridized carbons (Fsp3) is 0.458. The Labute approximate surface area is 195 Å². The van der Waals surface area contributed by atoms with E-state index in [0.717, 1.165) is 18.4 Å². The number of halogens is 3. The first-order valence-corrected chi connectivity index (χ1v) is 11.0. The van der Waals surface area contributed by atoms with E-state index in [0.29, 0.717) is 10.6 Å². The van der Waals surface area contributed by atoms with E-state index in [2.05, 4.69) is 36.3 Å². The Hall–Kier alpha value is -3.30. The molecule has 0 saturated carbocycles. The van der Waals surface area contributed by atoms with Gasteiger partial charge in [-0.2, -0.15) is 13.2 Å². The number of hydrogen-bond donors (Lipinski definition) is 2. The molecule has 0 radical (unpaired) electrons. The van der Waals surface area contributed by atoms with E-state index in [9.17, 15) is 22.8 Å². The molecule has 1 aliphatic carbocycles. The number of benzene rings is 1. The second-order valence-corrected chi connectivity index (χ2v) is 9.53. The number of pyridine rings is 1. The third kappa shape index (κ3) is 4.28. The minimum Gasteiger partial charge on any atom is -0.465 e. The van der Waals surface area contributed by atoms with E-state index < -0.39 is 30.1 Å². The molecule has 1 aromatic heterocycles. The molecule has 2 aliphatic rings. The number of anilines is 1. The number of nitrogens with one attached hydrogen (secondary N) is 1. The van der Waals surface area contributed by atoms with Crippen molar-refractivity contribution in [2.45, 2.75) is 43.9 Å². The largest absolute Gasteiger partial charge is 0.465 e. The fourth-order valence-corrected chi connectivity index (χ4v) is 4.87. The van der Waals surface area contributed by atoms with Crippen molar-refractivity contribution < 1.29 is 27.9 Å². The summed E-state index contributed by atoms with van der Waals surface area (Å²) in [5.74, 6) is -1.55. The van der Waals surface area contributed by atoms with Gasteiger partial charge < -0.3 is 20.2 Å². The number of rotatable bonds is 5. The SMILES string of the molecule is CN(C(=O)C1CN(C(=O)O)C1)[C@@H](c1ccc(NC2Cc3ccccc3C2(C)C)cn1)C(F)(F)F. The zero-order chi connectivity index (χ0) is 24.8. The lowest BCUT2D eigenvalue weighted by molar-refractivity contribution is -0.193. The summed E-state index contributed by atoms with van der Waals surface area (Å²) >= 11 is 0. The van der Waals surface area contributed by atoms with Gasteiger partial charge in [-0.05, 0) is 29.7 Å². The highest BCUT2D eigenvalue weighted by Crippen LogP contribution is 2.41. The smallest absolute Gasteiger partial charge is 0.414 e. The van der Waals surface area contributed by atoms with Crippen LogP contribution < -0.4 is 5.32 Å². The molecule has 4 rings (SSSR count). The van der Waals surface area contributed by atoms with Crippen LogP contribution in [-0.4, -0.2) is 64.2 Å². The predicted octanol–water partition coefficient (Wildman–Crippen LogP) is 4.07. The molecule has 7 nitrogen and oxygen atoms in total. The van der Waals surface area contributed by atoms with E-state index in [1.807, 2.05) is 12.1 Å². The lowest BCUT2D eigenvalue weighted by Gasteiger charge is -2.40. The number of hydrogen-bond acceptors (Lipinski definition) is 4. The van der Waals surface area contributed by atoms with Crippen LogP contribution in [0.3, 0.4) is 0 Å². The summed E-state index contributed by atoms with van der Waals surface area (Å²) in [7, 11) is 1.08. The minimum absolute atomic E-state index is 0.0519. The lowest BCUT2D eigenvalue weighted by Crippen LogP contribution is -2.56. The number of aromatic nitrogens is 1. The average Bonchev–Trinajstić information content (AvgIpc) is 2.97. The molecular formula is C24H27F3N4O3. The first-order valence-electron chi connectivity index (χ1n) is 11.0. The highest BCUT2D eigenvalue weighted by Gasteiger charge is 2.49. The predicted molar refractivity (Wildman–Crippen MR) is 119 cm³/mol. The van der Waals surface area contributed by atoms with Crippen molar-refractivity contribution in [1.82, 2.24) is 14.8 Å². The molecule has 2 atom stereocenters. The number of amides is 2. The fourth-order valence-electron chi connectivity index (χ4n) is 4.87. The molecule has 1 aromatic carbocycles. The van der Waals surface area contributed by atoms with Crippen LogP contribution in [0.5, 0.6) is 0 Å². The number of nitrogens with zero attached hydrogens (tertiary/aromatic N) is 3. The van der Waals surface area contributed by atoms with Gasteiger partial charge in [-0.25, -0.2) is 4.79 Å². The molecule has 2 aromatic rings. The van der Waals surface area contributed by atoms with E-state index in [1.54, 1.807) is 6.07 Å². The molecule has 2 N–H and O–H groups in total. The molecule has 182 valence electrons. The molecule has 0 spiro atoms. The molecule has 10 heteroatoms. The maximum atomic E-state index is 13.9. The van der Waals surface area contributed by atoms with Gasteiger partial charge in [0.15, 0.2) is 6.04 Å². The van der Waals surface area contributed by atoms with Crippen LogP contribution in [0.25, 0.3) is 0 Å². The molecule has 1 aliphatic heterocycles. The maximum absolute atomic E-state index is 13.9. The Morgan fingerprint density at radius 2 is 1.88 bits per heavy atom. The van der Waals surface area contributed by atoms with Gasteiger partial charge in [-0.15, -0.1) is 0 Å². The van der Waals surface area contributed by atoms with Crippen molar-refractivity contribution in [3.63, 3.8) is 0 Å². The van der Waals surface area contributed by atoms with Gasteiger partial charge in [0.2, 0.25) is 5.91 Å². The molecule has 2 heterocycles. The highest BCUT2D eigenvalue weighted by molar-refractivity contribution is 5.82. The van der Waals surface area contributed by atoms with Gasteiger partial charge in [0.1, 0.15) is 0 Å². The zero-order valence-electron chi connectivity index (χ0n) is 19.1. The summed E-state index contributed by atoms with van der Waals surface area (Å²) < 4.78 is 41.8. The summed E-state index contributed by atoms with van der Waals surface area (Å²) in [6, 6.07) is 8.83. The van der Waals surface area contributed by atoms with Gasteiger partial charge in [-0.3, -0.25) is 9.78 Å². The number of carbonyl (C=O) groups excluding carboxylic acids is 1. The monoisotopic (exact) mass is 476 g/mol. The Kier molecular flexibility index (Phi) is 5.95. The van der Waals surface area contributed by atoms with Crippen LogP contribution in [-0.2, 0) is 16.6 Å². The Bertz CT molecular complexity index is 1080. The van der Waals surface area contributed by atoms with Crippen LogP contribution in [0, 0.1) is 5.92 Å². The third-order valence-corrected chi connectivity index (χ3v) is 6.96. The minimum atomic E-state index is -4.74. The Morgan fingerprint density at radius 1 is 1.21 bits per heavy atom. The summed E-state index contributed by atoms with van der Waals surface area (Å²) in [4.78, 5) is 29.2. The molecule has 2 amide bonds. The van der Waals surface area contributed by atoms with Crippen molar-refractivity contribution in [3.05, 3.63) is 59.4 Å². The number of carbonyl (C=O) groups is 2. The standard InChI is InChI=1S/C24H27F3N4O3/c1-23(2)17-7-5-4-6-14(17)10-19(23)29-16-8-9-18(28-11-16)20(24(25,26)27)30(3)21(32)15-12-31(13-15)22(33)34/h4-9,11,15,19-20,29H,10,12-13H2,1-3H3,(H,33,34)/t19?,20-/m0/s1. The normalized spacial score (nSPS) is 20.3. The highest BCUT2D eigenvalue weighted by atomic mass is 19.4. The van der Waals surface area contributed by atoms with Crippen LogP contribution in [0.4, 0.5) is 23.7 Å². The van der Waals surface area contributed by atoms with Gasteiger partial charge in [0, 0.05) is 31.6 Å². The van der Waals surface area contributed by atoms with Crippen LogP contribution in [0.2, 0.25) is 0 Å². The summed E-state index contributed by atoms with van der Waals surface area (Å²) in [6.07, 6.45) is -3.78. The Morgan fingerprint density at radius 3 is 2.44 bits per heavy atom. The van der Waals surface area contributed by atoms with Gasteiger partial charge >= 0.3 is 12.3 Å². The molecular weight excluding hydrogens is 449 g/mol. The number of likely N-dealkylation sites (tertiary alicyclic amines) is 1. The summed E-state index contributed by atoms with van der Waals surface area (Å²) in [6.45, 7) is 4.03. The second-order valence-electron chi connectivity index (χ2n) is 9.53. The van der Waals surface area contributed by atoms with Crippen LogP contribution in [0.1, 0.15) is 36.7 Å². The quantitative estimate of drug-likeness (QED) is 0.680. The van der Waals surface area contributed by atoms with Crippen molar-refractivity contribution >= 4 is 17.7 Å². The lowest BCUT2D eigenvalue weighted by atomic mass is 9.83. The Balaban J connectivity index is 1.48. The van der Waals surface area contributed by atoms with Gasteiger partial charge in [0.25, 0.3) is 0 Å². The molecule has 1 unspecified atom stereocenters. The number of fused-ring (bicyclic) bond motifs is 1. The van der Waals surface area contributed by atoms with Crippen molar-refractivity contribution in [2.24, 2.45) is 5.92 Å². The number of alkyl halides is 3. The van der Waals surface area contributed by atoms with E-state index in [1.165, 1.54) is 23.4 Å². The van der Waals surface area contributed by atoms with E-state index in [4.69, 9.17) is 5.11 Å². The molecule has 34 heavy (non-hydrogen) atoms. The van der Waals surface area contributed by atoms with Crippen molar-refractivity contribution in [1.29, 1.82) is 0 Å². The summed E-state index contributed by atoms with van der Waals surface area (Å²) in [5.41, 5.74) is 2.62. The zero-order valence-corrected chi connectivity index (χ0v) is 19.1. The number of carboxylic acid groups (broad SMARTS) is 1. The second kappa shape index (κ2) is 8.48.